The Bertz CT molecular complexity index is 806. The summed E-state index contributed by atoms with van der Waals surface area (Å²) in [6.07, 6.45) is -0.456. The van der Waals surface area contributed by atoms with Crippen LogP contribution in [0.5, 0.6) is 0 Å². The predicted molar refractivity (Wildman–Crippen MR) is 93.1 cm³/mol. The third kappa shape index (κ3) is 4.41. The summed E-state index contributed by atoms with van der Waals surface area (Å²) in [5, 5.41) is 19.0. The van der Waals surface area contributed by atoms with Crippen molar-refractivity contribution in [2.24, 2.45) is 0 Å². The number of hydrogen-bond donors (Lipinski definition) is 2. The number of rotatable bonds is 7. The number of ketones is 1. The molecule has 2 aromatic rings. The minimum atomic E-state index is -1.41. The molecule has 0 bridgehead atoms. The smallest absolute Gasteiger partial charge is 0.336 e. The Morgan fingerprint density at radius 1 is 0.840 bits per heavy atom. The van der Waals surface area contributed by atoms with Gasteiger partial charge in [-0.3, -0.25) is 4.79 Å². The van der Waals surface area contributed by atoms with Crippen LogP contribution in [0, 0.1) is 0 Å². The zero-order valence-electron chi connectivity index (χ0n) is 13.7. The number of hydrogen-bond acceptors (Lipinski definition) is 3. The molecule has 2 rings (SSSR count). The van der Waals surface area contributed by atoms with E-state index in [9.17, 15) is 24.6 Å². The van der Waals surface area contributed by atoms with Gasteiger partial charge in [-0.25, -0.2) is 9.59 Å². The summed E-state index contributed by atoms with van der Waals surface area (Å²) in [5.41, 5.74) is 0.245. The third-order valence-corrected chi connectivity index (χ3v) is 3.97. The molecule has 0 aliphatic rings. The summed E-state index contributed by atoms with van der Waals surface area (Å²) in [5.74, 6) is -3.65. The van der Waals surface area contributed by atoms with Gasteiger partial charge < -0.3 is 10.2 Å². The SMILES string of the molecule is CC(C(=O)C/C(C(=O)O)=C(\C(=O)O)c1ccccc1)c1ccccc1. The van der Waals surface area contributed by atoms with E-state index >= 15 is 0 Å². The van der Waals surface area contributed by atoms with Crippen molar-refractivity contribution in [1.29, 1.82) is 0 Å². The molecule has 0 aromatic heterocycles. The van der Waals surface area contributed by atoms with Crippen LogP contribution in [0.3, 0.4) is 0 Å². The molecule has 0 heterocycles. The first-order chi connectivity index (χ1) is 11.9. The Hall–Kier alpha value is -3.21. The monoisotopic (exact) mass is 338 g/mol. The number of carbonyl (C=O) groups is 3. The molecule has 5 heteroatoms. The first kappa shape index (κ1) is 18.1. The van der Waals surface area contributed by atoms with Gasteiger partial charge in [-0.05, 0) is 11.1 Å². The minimum absolute atomic E-state index is 0.257. The normalized spacial score (nSPS) is 12.8. The molecule has 0 spiro atoms. The lowest BCUT2D eigenvalue weighted by atomic mass is 9.89. The Balaban J connectivity index is 2.41. The average molecular weight is 338 g/mol. The summed E-state index contributed by atoms with van der Waals surface area (Å²) >= 11 is 0. The molecule has 1 atom stereocenters. The summed E-state index contributed by atoms with van der Waals surface area (Å²) < 4.78 is 0. The maximum atomic E-state index is 12.5. The van der Waals surface area contributed by atoms with Crippen LogP contribution in [-0.2, 0) is 14.4 Å². The molecule has 0 radical (unpaired) electrons. The largest absolute Gasteiger partial charge is 0.478 e. The van der Waals surface area contributed by atoms with Crippen LogP contribution in [0.15, 0.2) is 66.2 Å². The van der Waals surface area contributed by atoms with Crippen molar-refractivity contribution in [3.8, 4) is 0 Å². The van der Waals surface area contributed by atoms with Gasteiger partial charge in [0.25, 0.3) is 0 Å². The second-order valence-electron chi connectivity index (χ2n) is 5.61. The van der Waals surface area contributed by atoms with Gasteiger partial charge in [0.15, 0.2) is 0 Å². The number of Topliss-reactive ketones (excluding diaryl/α,β-unsaturated/α-hetero) is 1. The highest BCUT2D eigenvalue weighted by molar-refractivity contribution is 6.23. The average Bonchev–Trinajstić information content (AvgIpc) is 2.61. The molecule has 5 nitrogen and oxygen atoms in total. The minimum Gasteiger partial charge on any atom is -0.478 e. The van der Waals surface area contributed by atoms with Crippen LogP contribution in [0.1, 0.15) is 30.4 Å². The van der Waals surface area contributed by atoms with E-state index in [0.29, 0.717) is 0 Å². The fraction of sp³-hybridized carbons (Fsp3) is 0.150. The highest BCUT2D eigenvalue weighted by atomic mass is 16.4. The first-order valence-electron chi connectivity index (χ1n) is 7.74. The number of carbonyl (C=O) groups excluding carboxylic acids is 1. The molecular weight excluding hydrogens is 320 g/mol. The van der Waals surface area contributed by atoms with Gasteiger partial charge in [0.05, 0.1) is 11.1 Å². The molecule has 1 unspecified atom stereocenters. The summed E-state index contributed by atoms with van der Waals surface area (Å²) in [4.78, 5) is 35.8. The zero-order chi connectivity index (χ0) is 18.4. The molecule has 128 valence electrons. The zero-order valence-corrected chi connectivity index (χ0v) is 13.7. The van der Waals surface area contributed by atoms with Gasteiger partial charge in [0.2, 0.25) is 0 Å². The third-order valence-electron chi connectivity index (χ3n) is 3.97. The van der Waals surface area contributed by atoms with E-state index in [1.165, 1.54) is 12.1 Å². The maximum absolute atomic E-state index is 12.5. The van der Waals surface area contributed by atoms with E-state index in [-0.39, 0.29) is 16.9 Å². The lowest BCUT2D eigenvalue weighted by Crippen LogP contribution is -2.17. The van der Waals surface area contributed by atoms with Crippen LogP contribution in [0.2, 0.25) is 0 Å². The maximum Gasteiger partial charge on any atom is 0.336 e. The Labute approximate surface area is 145 Å². The van der Waals surface area contributed by atoms with E-state index in [1.807, 2.05) is 6.07 Å². The quantitative estimate of drug-likeness (QED) is 0.755. The topological polar surface area (TPSA) is 91.7 Å². The summed E-state index contributed by atoms with van der Waals surface area (Å²) in [7, 11) is 0. The van der Waals surface area contributed by atoms with Crippen LogP contribution in [-0.4, -0.2) is 27.9 Å². The van der Waals surface area contributed by atoms with Crippen LogP contribution >= 0.6 is 0 Å². The van der Waals surface area contributed by atoms with Crippen molar-refractivity contribution < 1.29 is 24.6 Å². The molecule has 2 aromatic carbocycles. The van der Waals surface area contributed by atoms with E-state index in [2.05, 4.69) is 0 Å². The highest BCUT2D eigenvalue weighted by Crippen LogP contribution is 2.25. The van der Waals surface area contributed by atoms with Gasteiger partial charge in [-0.1, -0.05) is 67.6 Å². The van der Waals surface area contributed by atoms with Gasteiger partial charge in [-0.2, -0.15) is 0 Å². The number of aliphatic carboxylic acids is 2. The van der Waals surface area contributed by atoms with Gasteiger partial charge in [0.1, 0.15) is 5.78 Å². The van der Waals surface area contributed by atoms with E-state index in [1.54, 1.807) is 49.4 Å². The Morgan fingerprint density at radius 2 is 1.36 bits per heavy atom. The van der Waals surface area contributed by atoms with Crippen molar-refractivity contribution >= 4 is 23.3 Å². The standard InChI is InChI=1S/C20H18O5/c1-13(14-8-4-2-5-9-14)17(21)12-16(19(22)23)18(20(24)25)15-10-6-3-7-11-15/h2-11,13H,12H2,1H3,(H,22,23)(H,24,25)/b18-16+. The van der Waals surface area contributed by atoms with Crippen LogP contribution < -0.4 is 0 Å². The second kappa shape index (κ2) is 8.06. The molecular formula is C20H18O5. The Kier molecular flexibility index (Phi) is 5.84. The Morgan fingerprint density at radius 3 is 1.84 bits per heavy atom. The van der Waals surface area contributed by atoms with Crippen molar-refractivity contribution in [1.82, 2.24) is 0 Å². The predicted octanol–water partition coefficient (Wildman–Crippen LogP) is 3.37. The van der Waals surface area contributed by atoms with Gasteiger partial charge in [0, 0.05) is 12.3 Å². The molecule has 0 aliphatic carbocycles. The van der Waals surface area contributed by atoms with E-state index in [4.69, 9.17) is 0 Å². The first-order valence-corrected chi connectivity index (χ1v) is 7.74. The lowest BCUT2D eigenvalue weighted by molar-refractivity contribution is -0.135. The molecule has 2 N–H and O–H groups in total. The summed E-state index contributed by atoms with van der Waals surface area (Å²) in [6, 6.07) is 16.9. The number of benzene rings is 2. The van der Waals surface area contributed by atoms with E-state index < -0.39 is 29.9 Å². The molecule has 0 saturated carbocycles. The fourth-order valence-corrected chi connectivity index (χ4v) is 2.56. The highest BCUT2D eigenvalue weighted by Gasteiger charge is 2.26. The van der Waals surface area contributed by atoms with Crippen LogP contribution in [0.4, 0.5) is 0 Å². The fourth-order valence-electron chi connectivity index (χ4n) is 2.56. The second-order valence-corrected chi connectivity index (χ2v) is 5.61. The van der Waals surface area contributed by atoms with Crippen LogP contribution in [0.25, 0.3) is 5.57 Å². The van der Waals surface area contributed by atoms with Crippen molar-refractivity contribution in [2.45, 2.75) is 19.3 Å². The molecule has 0 amide bonds. The van der Waals surface area contributed by atoms with Crippen molar-refractivity contribution in [3.63, 3.8) is 0 Å². The summed E-state index contributed by atoms with van der Waals surface area (Å²) in [6.45, 7) is 1.68. The molecule has 0 saturated heterocycles. The van der Waals surface area contributed by atoms with Gasteiger partial charge >= 0.3 is 11.9 Å². The van der Waals surface area contributed by atoms with Crippen molar-refractivity contribution in [2.75, 3.05) is 0 Å². The lowest BCUT2D eigenvalue weighted by Gasteiger charge is -2.13. The van der Waals surface area contributed by atoms with E-state index in [0.717, 1.165) is 5.56 Å². The van der Waals surface area contributed by atoms with Crippen molar-refractivity contribution in [3.05, 3.63) is 77.4 Å². The number of carboxylic acids is 2. The number of carboxylic acid groups (broad SMARTS) is 2. The molecule has 25 heavy (non-hydrogen) atoms. The molecule has 0 fully saturated rings. The molecule has 0 aliphatic heterocycles. The van der Waals surface area contributed by atoms with Gasteiger partial charge in [-0.15, -0.1) is 0 Å².